The monoisotopic (exact) mass is 445 g/mol. The summed E-state index contributed by atoms with van der Waals surface area (Å²) in [6.45, 7) is 3.91. The van der Waals surface area contributed by atoms with Crippen molar-refractivity contribution < 1.29 is 9.53 Å². The van der Waals surface area contributed by atoms with Crippen LogP contribution in [0.5, 0.6) is 5.75 Å². The number of aryl methyl sites for hydroxylation is 2. The van der Waals surface area contributed by atoms with Crippen LogP contribution in [0.1, 0.15) is 22.2 Å². The summed E-state index contributed by atoms with van der Waals surface area (Å²) in [7, 11) is 1.61. The molecule has 0 saturated carbocycles. The largest absolute Gasteiger partial charge is 0.497 e. The molecular formula is C24H23N5O2S. The van der Waals surface area contributed by atoms with E-state index in [1.807, 2.05) is 86.6 Å². The van der Waals surface area contributed by atoms with Crippen LogP contribution >= 0.6 is 11.8 Å². The van der Waals surface area contributed by atoms with E-state index in [0.29, 0.717) is 16.5 Å². The van der Waals surface area contributed by atoms with Crippen LogP contribution in [0.4, 0.5) is 5.69 Å². The first kappa shape index (κ1) is 21.6. The Balaban J connectivity index is 1.55. The Bertz CT molecular complexity index is 1190. The van der Waals surface area contributed by atoms with E-state index >= 15 is 0 Å². The van der Waals surface area contributed by atoms with Crippen molar-refractivity contribution >= 4 is 23.4 Å². The van der Waals surface area contributed by atoms with Crippen molar-refractivity contribution in [3.63, 3.8) is 0 Å². The minimum absolute atomic E-state index is 0.143. The molecule has 2 heterocycles. The molecule has 0 radical (unpaired) electrons. The fourth-order valence-electron chi connectivity index (χ4n) is 3.25. The van der Waals surface area contributed by atoms with Crippen molar-refractivity contribution in [2.75, 3.05) is 12.4 Å². The molecule has 0 fully saturated rings. The van der Waals surface area contributed by atoms with E-state index in [2.05, 4.69) is 20.6 Å². The Hall–Kier alpha value is -3.65. The van der Waals surface area contributed by atoms with E-state index in [4.69, 9.17) is 4.74 Å². The molecule has 162 valence electrons. The van der Waals surface area contributed by atoms with Gasteiger partial charge in [-0.1, -0.05) is 42.1 Å². The number of aromatic nitrogens is 4. The van der Waals surface area contributed by atoms with E-state index in [1.54, 1.807) is 11.8 Å². The second kappa shape index (κ2) is 9.65. The standard InChI is InChI=1S/C24H23N5O2S/c1-16-15-17(2)29(28-16)21-13-14-22(27-26-21)32-23(18-7-5-4-6-8-18)24(30)25-19-9-11-20(31-3)12-10-19/h4-15,23H,1-3H3,(H,25,30)/t23-/m0/s1. The predicted molar refractivity (Wildman–Crippen MR) is 125 cm³/mol. The molecule has 1 amide bonds. The van der Waals surface area contributed by atoms with Gasteiger partial charge in [0.05, 0.1) is 12.8 Å². The van der Waals surface area contributed by atoms with Gasteiger partial charge in [-0.05, 0) is 61.9 Å². The van der Waals surface area contributed by atoms with Gasteiger partial charge in [-0.25, -0.2) is 4.68 Å². The number of anilines is 1. The summed E-state index contributed by atoms with van der Waals surface area (Å²) in [6.07, 6.45) is 0. The molecule has 2 aromatic heterocycles. The minimum Gasteiger partial charge on any atom is -0.497 e. The van der Waals surface area contributed by atoms with Crippen LogP contribution in [0.3, 0.4) is 0 Å². The number of thioether (sulfide) groups is 1. The highest BCUT2D eigenvalue weighted by Gasteiger charge is 2.23. The molecule has 0 aliphatic rings. The normalized spacial score (nSPS) is 11.7. The lowest BCUT2D eigenvalue weighted by atomic mass is 10.1. The minimum atomic E-state index is -0.493. The number of benzene rings is 2. The van der Waals surface area contributed by atoms with Gasteiger partial charge in [0, 0.05) is 11.4 Å². The Morgan fingerprint density at radius 3 is 2.34 bits per heavy atom. The molecule has 4 aromatic rings. The molecule has 4 rings (SSSR count). The second-order valence-corrected chi connectivity index (χ2v) is 8.32. The van der Waals surface area contributed by atoms with E-state index in [1.165, 1.54) is 11.8 Å². The number of nitrogens with zero attached hydrogens (tertiary/aromatic N) is 4. The first-order valence-corrected chi connectivity index (χ1v) is 11.0. The lowest BCUT2D eigenvalue weighted by Crippen LogP contribution is -2.19. The summed E-state index contributed by atoms with van der Waals surface area (Å²) >= 11 is 1.35. The summed E-state index contributed by atoms with van der Waals surface area (Å²) in [6, 6.07) is 22.6. The molecule has 0 unspecified atom stereocenters. The van der Waals surface area contributed by atoms with Gasteiger partial charge in [0.25, 0.3) is 0 Å². The molecular weight excluding hydrogens is 422 g/mol. The summed E-state index contributed by atoms with van der Waals surface area (Å²) in [5, 5.41) is 16.2. The van der Waals surface area contributed by atoms with E-state index in [9.17, 15) is 4.79 Å². The molecule has 2 aromatic carbocycles. The lowest BCUT2D eigenvalue weighted by Gasteiger charge is -2.17. The first-order valence-electron chi connectivity index (χ1n) is 10.1. The van der Waals surface area contributed by atoms with Crippen molar-refractivity contribution in [3.8, 4) is 11.6 Å². The van der Waals surface area contributed by atoms with E-state index in [-0.39, 0.29) is 5.91 Å². The quantitative estimate of drug-likeness (QED) is 0.413. The van der Waals surface area contributed by atoms with Crippen molar-refractivity contribution in [1.82, 2.24) is 20.0 Å². The molecule has 0 aliphatic carbocycles. The number of hydrogen-bond acceptors (Lipinski definition) is 6. The van der Waals surface area contributed by atoms with Crippen LogP contribution in [-0.4, -0.2) is 33.0 Å². The second-order valence-electron chi connectivity index (χ2n) is 7.20. The van der Waals surface area contributed by atoms with Crippen molar-refractivity contribution in [2.45, 2.75) is 24.1 Å². The van der Waals surface area contributed by atoms with Gasteiger partial charge in [-0.15, -0.1) is 10.2 Å². The molecule has 0 aliphatic heterocycles. The average molecular weight is 446 g/mol. The zero-order valence-corrected chi connectivity index (χ0v) is 18.8. The van der Waals surface area contributed by atoms with Gasteiger partial charge < -0.3 is 10.1 Å². The molecule has 0 spiro atoms. The Morgan fingerprint density at radius 2 is 1.75 bits per heavy atom. The lowest BCUT2D eigenvalue weighted by molar-refractivity contribution is -0.115. The summed E-state index contributed by atoms with van der Waals surface area (Å²) in [5.41, 5.74) is 3.48. The first-order chi connectivity index (χ1) is 15.5. The number of ether oxygens (including phenoxy) is 1. The molecule has 8 heteroatoms. The summed E-state index contributed by atoms with van der Waals surface area (Å²) in [4.78, 5) is 13.2. The van der Waals surface area contributed by atoms with Crippen LogP contribution in [0.15, 0.2) is 77.8 Å². The number of hydrogen-bond donors (Lipinski definition) is 1. The zero-order valence-electron chi connectivity index (χ0n) is 18.0. The van der Waals surface area contributed by atoms with Crippen LogP contribution in [-0.2, 0) is 4.79 Å². The maximum atomic E-state index is 13.2. The van der Waals surface area contributed by atoms with Crippen LogP contribution in [0.2, 0.25) is 0 Å². The maximum Gasteiger partial charge on any atom is 0.242 e. The Labute approximate surface area is 190 Å². The average Bonchev–Trinajstić information content (AvgIpc) is 3.16. The maximum absolute atomic E-state index is 13.2. The number of carbonyl (C=O) groups excluding carboxylic acids is 1. The third-order valence-corrected chi connectivity index (χ3v) is 5.97. The van der Waals surface area contributed by atoms with Gasteiger partial charge in [0.2, 0.25) is 5.91 Å². The van der Waals surface area contributed by atoms with Crippen molar-refractivity contribution in [2.24, 2.45) is 0 Å². The number of nitrogens with one attached hydrogen (secondary N) is 1. The van der Waals surface area contributed by atoms with Gasteiger partial charge in [-0.3, -0.25) is 4.79 Å². The third kappa shape index (κ3) is 4.97. The number of methoxy groups -OCH3 is 1. The molecule has 0 saturated heterocycles. The van der Waals surface area contributed by atoms with Gasteiger partial charge in [-0.2, -0.15) is 5.10 Å². The summed E-state index contributed by atoms with van der Waals surface area (Å²) < 4.78 is 6.93. The van der Waals surface area contributed by atoms with Gasteiger partial charge in [0.1, 0.15) is 16.0 Å². The number of carbonyl (C=O) groups is 1. The topological polar surface area (TPSA) is 81.9 Å². The van der Waals surface area contributed by atoms with Crippen LogP contribution in [0, 0.1) is 13.8 Å². The van der Waals surface area contributed by atoms with E-state index in [0.717, 1.165) is 22.7 Å². The third-order valence-electron chi connectivity index (χ3n) is 4.79. The molecule has 32 heavy (non-hydrogen) atoms. The van der Waals surface area contributed by atoms with Gasteiger partial charge >= 0.3 is 0 Å². The Morgan fingerprint density at radius 1 is 1.00 bits per heavy atom. The summed E-state index contributed by atoms with van der Waals surface area (Å²) in [5.74, 6) is 1.23. The number of amides is 1. The fourth-order valence-corrected chi connectivity index (χ4v) is 4.19. The SMILES string of the molecule is COc1ccc(NC(=O)[C@@H](Sc2ccc(-n3nc(C)cc3C)nn2)c2ccccc2)cc1. The molecule has 0 bridgehead atoms. The number of rotatable bonds is 7. The van der Waals surface area contributed by atoms with Crippen molar-refractivity contribution in [3.05, 3.63) is 89.7 Å². The van der Waals surface area contributed by atoms with E-state index < -0.39 is 5.25 Å². The molecule has 7 nitrogen and oxygen atoms in total. The van der Waals surface area contributed by atoms with Crippen LogP contribution in [0.25, 0.3) is 5.82 Å². The fraction of sp³-hybridized carbons (Fsp3) is 0.167. The van der Waals surface area contributed by atoms with Crippen molar-refractivity contribution in [1.29, 1.82) is 0 Å². The highest BCUT2D eigenvalue weighted by atomic mass is 32.2. The van der Waals surface area contributed by atoms with Crippen LogP contribution < -0.4 is 10.1 Å². The molecule has 1 atom stereocenters. The van der Waals surface area contributed by atoms with Gasteiger partial charge in [0.15, 0.2) is 5.82 Å². The Kier molecular flexibility index (Phi) is 6.51. The predicted octanol–water partition coefficient (Wildman–Crippen LogP) is 4.76. The highest BCUT2D eigenvalue weighted by molar-refractivity contribution is 8.00. The smallest absolute Gasteiger partial charge is 0.242 e. The zero-order chi connectivity index (χ0) is 22.5. The highest BCUT2D eigenvalue weighted by Crippen LogP contribution is 2.35. The molecule has 1 N–H and O–H groups in total.